The van der Waals surface area contributed by atoms with Crippen molar-refractivity contribution in [1.82, 2.24) is 5.32 Å². The van der Waals surface area contributed by atoms with E-state index in [-0.39, 0.29) is 6.10 Å². The van der Waals surface area contributed by atoms with Crippen LogP contribution in [0.2, 0.25) is 0 Å². The van der Waals surface area contributed by atoms with E-state index in [9.17, 15) is 5.11 Å². The Kier molecular flexibility index (Phi) is 5.00. The third kappa shape index (κ3) is 3.37. The van der Waals surface area contributed by atoms with Gasteiger partial charge in [-0.25, -0.2) is 0 Å². The summed E-state index contributed by atoms with van der Waals surface area (Å²) < 4.78 is 0. The molecular weight excluding hydrogens is 234 g/mol. The second-order valence-electron chi connectivity index (χ2n) is 6.04. The summed E-state index contributed by atoms with van der Waals surface area (Å²) in [4.78, 5) is 0. The molecule has 1 aliphatic carbocycles. The van der Waals surface area contributed by atoms with E-state index in [0.29, 0.717) is 11.5 Å². The molecule has 1 fully saturated rings. The third-order valence-electron chi connectivity index (χ3n) is 4.67. The first-order chi connectivity index (χ1) is 9.15. The molecule has 0 bridgehead atoms. The molecule has 0 saturated heterocycles. The predicted molar refractivity (Wildman–Crippen MR) is 80.4 cm³/mol. The molecular formula is C17H27NO. The van der Waals surface area contributed by atoms with Gasteiger partial charge in [0, 0.05) is 11.5 Å². The van der Waals surface area contributed by atoms with Crippen molar-refractivity contribution in [2.24, 2.45) is 0 Å². The summed E-state index contributed by atoms with van der Waals surface area (Å²) >= 11 is 0. The van der Waals surface area contributed by atoms with Crippen LogP contribution in [-0.2, 0) is 5.41 Å². The maximum Gasteiger partial charge on any atom is 0.0512 e. The normalized spacial score (nSPS) is 20.6. The van der Waals surface area contributed by atoms with Gasteiger partial charge in [-0.1, -0.05) is 36.8 Å². The van der Waals surface area contributed by atoms with Crippen molar-refractivity contribution >= 4 is 0 Å². The lowest BCUT2D eigenvalue weighted by Gasteiger charge is -2.47. The van der Waals surface area contributed by atoms with Crippen molar-refractivity contribution < 1.29 is 5.11 Å². The zero-order chi connectivity index (χ0) is 13.7. The Morgan fingerprint density at radius 1 is 1.21 bits per heavy atom. The molecule has 0 aliphatic heterocycles. The Morgan fingerprint density at radius 3 is 2.42 bits per heavy atom. The lowest BCUT2D eigenvalue weighted by atomic mass is 9.60. The van der Waals surface area contributed by atoms with Crippen LogP contribution in [0.5, 0.6) is 0 Å². The van der Waals surface area contributed by atoms with E-state index >= 15 is 0 Å². The summed E-state index contributed by atoms with van der Waals surface area (Å²) in [7, 11) is 0. The van der Waals surface area contributed by atoms with Gasteiger partial charge in [0.1, 0.15) is 0 Å². The topological polar surface area (TPSA) is 32.3 Å². The van der Waals surface area contributed by atoms with Crippen LogP contribution in [0.1, 0.15) is 51.5 Å². The van der Waals surface area contributed by atoms with E-state index < -0.39 is 0 Å². The van der Waals surface area contributed by atoms with Crippen molar-refractivity contribution in [3.8, 4) is 0 Å². The Labute approximate surface area is 117 Å². The molecule has 0 aromatic heterocycles. The fraction of sp³-hybridized carbons (Fsp3) is 0.647. The van der Waals surface area contributed by atoms with E-state index in [1.54, 1.807) is 0 Å². The van der Waals surface area contributed by atoms with E-state index in [4.69, 9.17) is 0 Å². The van der Waals surface area contributed by atoms with Crippen molar-refractivity contribution in [3.05, 3.63) is 35.9 Å². The summed E-state index contributed by atoms with van der Waals surface area (Å²) in [6, 6.07) is 11.4. The number of rotatable bonds is 7. The maximum atomic E-state index is 9.29. The molecule has 0 amide bonds. The van der Waals surface area contributed by atoms with Crippen LogP contribution < -0.4 is 5.32 Å². The van der Waals surface area contributed by atoms with Gasteiger partial charge in [0.15, 0.2) is 0 Å². The van der Waals surface area contributed by atoms with Crippen molar-refractivity contribution in [2.45, 2.75) is 63.5 Å². The Balaban J connectivity index is 1.90. The maximum absolute atomic E-state index is 9.29. The fourth-order valence-electron chi connectivity index (χ4n) is 3.21. The lowest BCUT2D eigenvalue weighted by molar-refractivity contribution is 0.167. The second-order valence-corrected chi connectivity index (χ2v) is 6.04. The highest BCUT2D eigenvalue weighted by atomic mass is 16.3. The van der Waals surface area contributed by atoms with Gasteiger partial charge in [-0.05, 0) is 51.6 Å². The summed E-state index contributed by atoms with van der Waals surface area (Å²) in [5.41, 5.74) is 1.82. The van der Waals surface area contributed by atoms with Crippen LogP contribution in [0.4, 0.5) is 0 Å². The van der Waals surface area contributed by atoms with E-state index in [2.05, 4.69) is 42.6 Å². The SMILES string of the molecule is CC(O)CCCNC(C)C1(c2ccccc2)CCC1. The van der Waals surface area contributed by atoms with E-state index in [0.717, 1.165) is 19.4 Å². The minimum absolute atomic E-state index is 0.177. The molecule has 1 aromatic carbocycles. The van der Waals surface area contributed by atoms with E-state index in [1.807, 2.05) is 6.92 Å². The fourth-order valence-corrected chi connectivity index (χ4v) is 3.21. The monoisotopic (exact) mass is 261 g/mol. The highest BCUT2D eigenvalue weighted by Gasteiger charge is 2.42. The Morgan fingerprint density at radius 2 is 1.89 bits per heavy atom. The van der Waals surface area contributed by atoms with Gasteiger partial charge in [0.05, 0.1) is 6.10 Å². The second kappa shape index (κ2) is 6.53. The van der Waals surface area contributed by atoms with Crippen LogP contribution in [0.15, 0.2) is 30.3 Å². The minimum Gasteiger partial charge on any atom is -0.393 e. The van der Waals surface area contributed by atoms with Crippen LogP contribution in [-0.4, -0.2) is 23.8 Å². The number of benzene rings is 1. The molecule has 2 atom stereocenters. The Bertz CT molecular complexity index is 370. The van der Waals surface area contributed by atoms with Gasteiger partial charge in [0.25, 0.3) is 0 Å². The molecule has 1 aromatic rings. The van der Waals surface area contributed by atoms with Crippen molar-refractivity contribution in [2.75, 3.05) is 6.54 Å². The highest BCUT2D eigenvalue weighted by Crippen LogP contribution is 2.46. The first-order valence-electron chi connectivity index (χ1n) is 7.62. The molecule has 1 saturated carbocycles. The van der Waals surface area contributed by atoms with Crippen LogP contribution in [0.3, 0.4) is 0 Å². The lowest BCUT2D eigenvalue weighted by Crippen LogP contribution is -2.51. The molecule has 0 spiro atoms. The van der Waals surface area contributed by atoms with Crippen LogP contribution in [0, 0.1) is 0 Å². The van der Waals surface area contributed by atoms with Crippen molar-refractivity contribution in [3.63, 3.8) is 0 Å². The smallest absolute Gasteiger partial charge is 0.0512 e. The van der Waals surface area contributed by atoms with Gasteiger partial charge in [-0.3, -0.25) is 0 Å². The molecule has 2 nitrogen and oxygen atoms in total. The standard InChI is InChI=1S/C17H27NO/c1-14(19)8-6-13-18-15(2)17(11-7-12-17)16-9-4-3-5-10-16/h3-5,9-10,14-15,18-19H,6-8,11-13H2,1-2H3. The molecule has 1 aliphatic rings. The molecule has 0 radical (unpaired) electrons. The molecule has 2 unspecified atom stereocenters. The Hall–Kier alpha value is -0.860. The summed E-state index contributed by atoms with van der Waals surface area (Å²) in [5, 5.41) is 13.0. The number of hydrogen-bond donors (Lipinski definition) is 2. The van der Waals surface area contributed by atoms with Gasteiger partial charge < -0.3 is 10.4 Å². The first kappa shape index (κ1) is 14.5. The number of aliphatic hydroxyl groups is 1. The molecule has 2 heteroatoms. The average molecular weight is 261 g/mol. The van der Waals surface area contributed by atoms with E-state index in [1.165, 1.54) is 24.8 Å². The quantitative estimate of drug-likeness (QED) is 0.739. The molecule has 2 rings (SSSR count). The molecule has 106 valence electrons. The van der Waals surface area contributed by atoms with Crippen LogP contribution >= 0.6 is 0 Å². The highest BCUT2D eigenvalue weighted by molar-refractivity contribution is 5.30. The van der Waals surface area contributed by atoms with Gasteiger partial charge in [-0.15, -0.1) is 0 Å². The largest absolute Gasteiger partial charge is 0.393 e. The van der Waals surface area contributed by atoms with Gasteiger partial charge in [0.2, 0.25) is 0 Å². The predicted octanol–water partition coefficient (Wildman–Crippen LogP) is 3.25. The number of aliphatic hydroxyl groups excluding tert-OH is 1. The molecule has 19 heavy (non-hydrogen) atoms. The molecule has 0 heterocycles. The summed E-state index contributed by atoms with van der Waals surface area (Å²) in [6.45, 7) is 5.18. The first-order valence-corrected chi connectivity index (χ1v) is 7.62. The third-order valence-corrected chi connectivity index (χ3v) is 4.67. The number of hydrogen-bond acceptors (Lipinski definition) is 2. The van der Waals surface area contributed by atoms with Crippen LogP contribution in [0.25, 0.3) is 0 Å². The zero-order valence-electron chi connectivity index (χ0n) is 12.2. The number of nitrogens with one attached hydrogen (secondary N) is 1. The van der Waals surface area contributed by atoms with Gasteiger partial charge >= 0.3 is 0 Å². The minimum atomic E-state index is -0.177. The van der Waals surface area contributed by atoms with Crippen molar-refractivity contribution in [1.29, 1.82) is 0 Å². The zero-order valence-corrected chi connectivity index (χ0v) is 12.2. The summed E-state index contributed by atoms with van der Waals surface area (Å²) in [6.07, 6.45) is 5.69. The molecule has 2 N–H and O–H groups in total. The average Bonchev–Trinajstić information content (AvgIpc) is 2.34. The van der Waals surface area contributed by atoms with Gasteiger partial charge in [-0.2, -0.15) is 0 Å². The summed E-state index contributed by atoms with van der Waals surface area (Å²) in [5.74, 6) is 0.